The summed E-state index contributed by atoms with van der Waals surface area (Å²) < 4.78 is 39.6. The summed E-state index contributed by atoms with van der Waals surface area (Å²) in [5.41, 5.74) is 6.28. The van der Waals surface area contributed by atoms with E-state index in [1.165, 1.54) is 24.3 Å². The summed E-state index contributed by atoms with van der Waals surface area (Å²) in [7, 11) is 0. The highest BCUT2D eigenvalue weighted by Gasteiger charge is 2.30. The van der Waals surface area contributed by atoms with Gasteiger partial charge in [0.25, 0.3) is 0 Å². The van der Waals surface area contributed by atoms with Gasteiger partial charge in [-0.2, -0.15) is 0 Å². The molecule has 0 spiro atoms. The Hall–Kier alpha value is -1.72. The highest BCUT2D eigenvalue weighted by molar-refractivity contribution is 5.97. The molecule has 0 radical (unpaired) electrons. The molecule has 0 fully saturated rings. The van der Waals surface area contributed by atoms with Crippen LogP contribution < -0.4 is 10.5 Å². The second-order valence-electron chi connectivity index (χ2n) is 3.69. The molecule has 2 N–H and O–H groups in total. The molecule has 0 aliphatic heterocycles. The van der Waals surface area contributed by atoms with Crippen LogP contribution in [-0.2, 0) is 0 Å². The molecule has 1 aromatic carbocycles. The van der Waals surface area contributed by atoms with Gasteiger partial charge in [0.15, 0.2) is 0 Å². The molecule has 18 heavy (non-hydrogen) atoms. The van der Waals surface area contributed by atoms with Crippen molar-refractivity contribution in [3.63, 3.8) is 0 Å². The van der Waals surface area contributed by atoms with Gasteiger partial charge in [-0.05, 0) is 30.7 Å². The van der Waals surface area contributed by atoms with E-state index >= 15 is 0 Å². The predicted molar refractivity (Wildman–Crippen MR) is 63.6 cm³/mol. The van der Waals surface area contributed by atoms with Gasteiger partial charge in [-0.25, -0.2) is 0 Å². The molecule has 1 rings (SSSR count). The predicted octanol–water partition coefficient (Wildman–Crippen LogP) is 3.09. The Bertz CT molecular complexity index is 399. The van der Waals surface area contributed by atoms with Gasteiger partial charge in [-0.1, -0.05) is 13.3 Å². The monoisotopic (exact) mass is 260 g/mol. The summed E-state index contributed by atoms with van der Waals surface area (Å²) in [6, 6.07) is 5.33. The highest BCUT2D eigenvalue weighted by Crippen LogP contribution is 2.22. The normalized spacial score (nSPS) is 12.6. The van der Waals surface area contributed by atoms with E-state index in [9.17, 15) is 13.2 Å². The molecule has 0 heterocycles. The van der Waals surface area contributed by atoms with Gasteiger partial charge in [0.1, 0.15) is 11.6 Å². The molecule has 0 aliphatic rings. The van der Waals surface area contributed by atoms with E-state index in [1.807, 2.05) is 6.92 Å². The van der Waals surface area contributed by atoms with Crippen molar-refractivity contribution in [2.24, 2.45) is 10.7 Å². The van der Waals surface area contributed by atoms with Crippen molar-refractivity contribution >= 4 is 5.84 Å². The van der Waals surface area contributed by atoms with Gasteiger partial charge >= 0.3 is 6.36 Å². The number of ether oxygens (including phenoxy) is 1. The quantitative estimate of drug-likeness (QED) is 0.502. The lowest BCUT2D eigenvalue weighted by molar-refractivity contribution is -0.274. The van der Waals surface area contributed by atoms with E-state index < -0.39 is 6.36 Å². The maximum atomic E-state index is 11.9. The zero-order chi connectivity index (χ0) is 13.6. The lowest BCUT2D eigenvalue weighted by atomic mass is 10.2. The number of benzene rings is 1. The van der Waals surface area contributed by atoms with Crippen LogP contribution in [0.25, 0.3) is 0 Å². The lowest BCUT2D eigenvalue weighted by Gasteiger charge is -2.09. The Morgan fingerprint density at radius 3 is 2.39 bits per heavy atom. The first-order valence-corrected chi connectivity index (χ1v) is 5.58. The molecule has 0 saturated heterocycles. The SMILES string of the molecule is CCCCN=C(N)c1ccc(OC(F)(F)F)cc1. The Kier molecular flexibility index (Phi) is 5.00. The van der Waals surface area contributed by atoms with Crippen LogP contribution in [0.1, 0.15) is 25.3 Å². The Morgan fingerprint density at radius 2 is 1.89 bits per heavy atom. The van der Waals surface area contributed by atoms with Crippen LogP contribution in [0.5, 0.6) is 5.75 Å². The van der Waals surface area contributed by atoms with Gasteiger partial charge in [-0.3, -0.25) is 4.99 Å². The van der Waals surface area contributed by atoms with Crippen molar-refractivity contribution in [1.29, 1.82) is 0 Å². The zero-order valence-corrected chi connectivity index (χ0v) is 10.00. The Morgan fingerprint density at radius 1 is 1.28 bits per heavy atom. The number of halogens is 3. The van der Waals surface area contributed by atoms with Crippen molar-refractivity contribution in [3.8, 4) is 5.75 Å². The van der Waals surface area contributed by atoms with Crippen molar-refractivity contribution in [2.75, 3.05) is 6.54 Å². The molecule has 0 aliphatic carbocycles. The van der Waals surface area contributed by atoms with E-state index in [-0.39, 0.29) is 5.75 Å². The molecule has 0 aromatic heterocycles. The number of alkyl halides is 3. The number of nitrogens with zero attached hydrogens (tertiary/aromatic N) is 1. The molecule has 0 bridgehead atoms. The molecule has 0 atom stereocenters. The summed E-state index contributed by atoms with van der Waals surface area (Å²) in [4.78, 5) is 4.12. The third-order valence-electron chi connectivity index (χ3n) is 2.18. The maximum Gasteiger partial charge on any atom is 0.573 e. The van der Waals surface area contributed by atoms with Crippen LogP contribution in [0.2, 0.25) is 0 Å². The minimum atomic E-state index is -4.68. The molecular formula is C12H15F3N2O. The van der Waals surface area contributed by atoms with E-state index in [0.29, 0.717) is 17.9 Å². The van der Waals surface area contributed by atoms with Gasteiger partial charge in [0, 0.05) is 12.1 Å². The fourth-order valence-corrected chi connectivity index (χ4v) is 1.28. The average molecular weight is 260 g/mol. The summed E-state index contributed by atoms with van der Waals surface area (Å²) in [6.07, 6.45) is -2.74. The third kappa shape index (κ3) is 5.07. The van der Waals surface area contributed by atoms with Gasteiger partial charge in [0.05, 0.1) is 0 Å². The first kappa shape index (κ1) is 14.3. The number of rotatable bonds is 5. The van der Waals surface area contributed by atoms with Crippen molar-refractivity contribution < 1.29 is 17.9 Å². The molecule has 3 nitrogen and oxygen atoms in total. The molecule has 100 valence electrons. The van der Waals surface area contributed by atoms with Gasteiger partial charge in [-0.15, -0.1) is 13.2 Å². The number of unbranched alkanes of at least 4 members (excludes halogenated alkanes) is 1. The minimum Gasteiger partial charge on any atom is -0.406 e. The Balaban J connectivity index is 2.67. The van der Waals surface area contributed by atoms with E-state index in [4.69, 9.17) is 5.73 Å². The lowest BCUT2D eigenvalue weighted by Crippen LogP contribution is -2.17. The summed E-state index contributed by atoms with van der Waals surface area (Å²) in [6.45, 7) is 2.65. The average Bonchev–Trinajstić information content (AvgIpc) is 2.28. The molecule has 1 aromatic rings. The second kappa shape index (κ2) is 6.28. The van der Waals surface area contributed by atoms with Crippen molar-refractivity contribution in [2.45, 2.75) is 26.1 Å². The highest BCUT2D eigenvalue weighted by atomic mass is 19.4. The van der Waals surface area contributed by atoms with Crippen molar-refractivity contribution in [1.82, 2.24) is 0 Å². The zero-order valence-electron chi connectivity index (χ0n) is 10.00. The van der Waals surface area contributed by atoms with Crippen LogP contribution >= 0.6 is 0 Å². The van der Waals surface area contributed by atoms with E-state index in [0.717, 1.165) is 12.8 Å². The molecule has 6 heteroatoms. The van der Waals surface area contributed by atoms with Crippen molar-refractivity contribution in [3.05, 3.63) is 29.8 Å². The molecule has 0 saturated carbocycles. The van der Waals surface area contributed by atoms with Crippen LogP contribution in [0.15, 0.2) is 29.3 Å². The topological polar surface area (TPSA) is 47.6 Å². The Labute approximate surface area is 103 Å². The van der Waals surface area contributed by atoms with Gasteiger partial charge < -0.3 is 10.5 Å². The van der Waals surface area contributed by atoms with Crippen LogP contribution in [0.4, 0.5) is 13.2 Å². The van der Waals surface area contributed by atoms with Crippen LogP contribution in [0, 0.1) is 0 Å². The number of hydrogen-bond acceptors (Lipinski definition) is 2. The summed E-state index contributed by atoms with van der Waals surface area (Å²) >= 11 is 0. The van der Waals surface area contributed by atoms with Crippen LogP contribution in [0.3, 0.4) is 0 Å². The summed E-state index contributed by atoms with van der Waals surface area (Å²) in [5.74, 6) is 0.0506. The maximum absolute atomic E-state index is 11.9. The third-order valence-corrected chi connectivity index (χ3v) is 2.18. The molecule has 0 amide bonds. The smallest absolute Gasteiger partial charge is 0.406 e. The minimum absolute atomic E-state index is 0.271. The molecular weight excluding hydrogens is 245 g/mol. The number of hydrogen-bond donors (Lipinski definition) is 1. The van der Waals surface area contributed by atoms with E-state index in [2.05, 4.69) is 9.73 Å². The van der Waals surface area contributed by atoms with Gasteiger partial charge in [0.2, 0.25) is 0 Å². The number of aliphatic imine (C=N–C) groups is 1. The molecule has 0 unspecified atom stereocenters. The number of nitrogens with two attached hydrogens (primary N) is 1. The fourth-order valence-electron chi connectivity index (χ4n) is 1.28. The number of amidine groups is 1. The largest absolute Gasteiger partial charge is 0.573 e. The fraction of sp³-hybridized carbons (Fsp3) is 0.417. The first-order chi connectivity index (χ1) is 8.42. The standard InChI is InChI=1S/C12H15F3N2O/c1-2-3-8-17-11(16)9-4-6-10(7-5-9)18-12(13,14)15/h4-7H,2-3,8H2,1H3,(H2,16,17). The van der Waals surface area contributed by atoms with E-state index in [1.54, 1.807) is 0 Å². The first-order valence-electron chi connectivity index (χ1n) is 5.58. The second-order valence-corrected chi connectivity index (χ2v) is 3.69. The summed E-state index contributed by atoms with van der Waals surface area (Å²) in [5, 5.41) is 0. The van der Waals surface area contributed by atoms with Crippen LogP contribution in [-0.4, -0.2) is 18.7 Å².